The minimum Gasteiger partial charge on any atom is -0.385 e. The topological polar surface area (TPSA) is 23.5 Å². The van der Waals surface area contributed by atoms with Crippen LogP contribution >= 0.6 is 0 Å². The van der Waals surface area contributed by atoms with Crippen LogP contribution in [0.5, 0.6) is 0 Å². The minimum atomic E-state index is -0.622. The maximum absolute atomic E-state index is 10.9. The molecule has 1 saturated heterocycles. The zero-order valence-electron chi connectivity index (χ0n) is 10.2. The van der Waals surface area contributed by atoms with Crippen LogP contribution in [0.25, 0.3) is 0 Å². The van der Waals surface area contributed by atoms with Gasteiger partial charge in [-0.3, -0.25) is 0 Å². The summed E-state index contributed by atoms with van der Waals surface area (Å²) in [4.78, 5) is 2.31. The summed E-state index contributed by atoms with van der Waals surface area (Å²) in [6, 6.07) is 10.1. The summed E-state index contributed by atoms with van der Waals surface area (Å²) in [6.07, 6.45) is 1.86. The Hall–Kier alpha value is -0.860. The first kappa shape index (κ1) is 11.6. The maximum atomic E-state index is 10.9. The SMILES string of the molecule is CCC1CN(C)CCC1(O)c1ccccc1. The van der Waals surface area contributed by atoms with Crippen LogP contribution < -0.4 is 0 Å². The Morgan fingerprint density at radius 3 is 2.69 bits per heavy atom. The van der Waals surface area contributed by atoms with Gasteiger partial charge in [0.15, 0.2) is 0 Å². The van der Waals surface area contributed by atoms with E-state index in [4.69, 9.17) is 0 Å². The Bertz CT molecular complexity index is 338. The van der Waals surface area contributed by atoms with E-state index in [-0.39, 0.29) is 0 Å². The van der Waals surface area contributed by atoms with Crippen LogP contribution in [0.2, 0.25) is 0 Å². The highest BCUT2D eigenvalue weighted by molar-refractivity contribution is 5.24. The fourth-order valence-corrected chi connectivity index (χ4v) is 2.76. The molecule has 0 spiro atoms. The molecule has 88 valence electrons. The lowest BCUT2D eigenvalue weighted by Crippen LogP contribution is -2.48. The number of likely N-dealkylation sites (tertiary alicyclic amines) is 1. The first-order valence-corrected chi connectivity index (χ1v) is 6.13. The lowest BCUT2D eigenvalue weighted by Gasteiger charge is -2.43. The molecule has 16 heavy (non-hydrogen) atoms. The molecule has 0 amide bonds. The molecular weight excluding hydrogens is 198 g/mol. The lowest BCUT2D eigenvalue weighted by atomic mass is 9.75. The molecule has 1 aliphatic heterocycles. The third-order valence-electron chi connectivity index (χ3n) is 3.85. The largest absolute Gasteiger partial charge is 0.385 e. The minimum absolute atomic E-state index is 0.341. The van der Waals surface area contributed by atoms with Crippen LogP contribution in [0.15, 0.2) is 30.3 Å². The number of hydrogen-bond acceptors (Lipinski definition) is 2. The second kappa shape index (κ2) is 4.56. The molecule has 2 atom stereocenters. The van der Waals surface area contributed by atoms with Gasteiger partial charge in [-0.1, -0.05) is 37.3 Å². The van der Waals surface area contributed by atoms with Crippen LogP contribution in [0, 0.1) is 5.92 Å². The van der Waals surface area contributed by atoms with E-state index in [1.807, 2.05) is 30.3 Å². The van der Waals surface area contributed by atoms with Gasteiger partial charge in [-0.15, -0.1) is 0 Å². The van der Waals surface area contributed by atoms with E-state index in [0.717, 1.165) is 31.5 Å². The van der Waals surface area contributed by atoms with Crippen molar-refractivity contribution in [1.82, 2.24) is 4.90 Å². The molecule has 0 bridgehead atoms. The molecule has 2 rings (SSSR count). The molecule has 0 radical (unpaired) electrons. The van der Waals surface area contributed by atoms with Crippen LogP contribution in [0.1, 0.15) is 25.3 Å². The van der Waals surface area contributed by atoms with Gasteiger partial charge in [0.2, 0.25) is 0 Å². The standard InChI is InChI=1S/C14H21NO/c1-3-12-11-15(2)10-9-14(12,16)13-7-5-4-6-8-13/h4-8,12,16H,3,9-11H2,1-2H3. The quantitative estimate of drug-likeness (QED) is 0.824. The summed E-state index contributed by atoms with van der Waals surface area (Å²) in [5, 5.41) is 10.9. The Balaban J connectivity index is 2.29. The zero-order chi connectivity index (χ0) is 11.6. The zero-order valence-corrected chi connectivity index (χ0v) is 10.2. The summed E-state index contributed by atoms with van der Waals surface area (Å²) in [7, 11) is 2.13. The highest BCUT2D eigenvalue weighted by atomic mass is 16.3. The molecule has 1 aromatic carbocycles. The molecule has 0 saturated carbocycles. The van der Waals surface area contributed by atoms with Gasteiger partial charge in [-0.25, -0.2) is 0 Å². The van der Waals surface area contributed by atoms with Crippen molar-refractivity contribution < 1.29 is 5.11 Å². The smallest absolute Gasteiger partial charge is 0.0948 e. The van der Waals surface area contributed by atoms with Gasteiger partial charge in [0.05, 0.1) is 5.60 Å². The van der Waals surface area contributed by atoms with E-state index in [1.165, 1.54) is 0 Å². The summed E-state index contributed by atoms with van der Waals surface area (Å²) < 4.78 is 0. The summed E-state index contributed by atoms with van der Waals surface area (Å²) >= 11 is 0. The Morgan fingerprint density at radius 1 is 1.38 bits per heavy atom. The Labute approximate surface area is 97.9 Å². The number of nitrogens with zero attached hydrogens (tertiary/aromatic N) is 1. The van der Waals surface area contributed by atoms with Gasteiger partial charge >= 0.3 is 0 Å². The number of rotatable bonds is 2. The summed E-state index contributed by atoms with van der Waals surface area (Å²) in [5.41, 5.74) is 0.456. The highest BCUT2D eigenvalue weighted by Gasteiger charge is 2.40. The third-order valence-corrected chi connectivity index (χ3v) is 3.85. The lowest BCUT2D eigenvalue weighted by molar-refractivity contribution is -0.0743. The number of aliphatic hydroxyl groups is 1. The van der Waals surface area contributed by atoms with Gasteiger partial charge in [0.1, 0.15) is 0 Å². The van der Waals surface area contributed by atoms with Crippen LogP contribution in [0.4, 0.5) is 0 Å². The van der Waals surface area contributed by atoms with E-state index in [1.54, 1.807) is 0 Å². The van der Waals surface area contributed by atoms with Gasteiger partial charge in [0.25, 0.3) is 0 Å². The molecule has 2 heteroatoms. The Morgan fingerprint density at radius 2 is 2.06 bits per heavy atom. The maximum Gasteiger partial charge on any atom is 0.0948 e. The molecule has 0 aromatic heterocycles. The third kappa shape index (κ3) is 2.00. The van der Waals surface area contributed by atoms with Crippen LogP contribution in [-0.4, -0.2) is 30.1 Å². The van der Waals surface area contributed by atoms with Crippen molar-refractivity contribution in [1.29, 1.82) is 0 Å². The van der Waals surface area contributed by atoms with Crippen molar-refractivity contribution in [3.05, 3.63) is 35.9 Å². The molecule has 2 nitrogen and oxygen atoms in total. The molecule has 2 unspecified atom stereocenters. The summed E-state index contributed by atoms with van der Waals surface area (Å²) in [6.45, 7) is 4.13. The first-order valence-electron chi connectivity index (χ1n) is 6.13. The van der Waals surface area contributed by atoms with Crippen LogP contribution in [0.3, 0.4) is 0 Å². The highest BCUT2D eigenvalue weighted by Crippen LogP contribution is 2.38. The van der Waals surface area contributed by atoms with E-state index in [0.29, 0.717) is 5.92 Å². The van der Waals surface area contributed by atoms with E-state index < -0.39 is 5.60 Å². The molecule has 0 aliphatic carbocycles. The molecular formula is C14H21NO. The predicted octanol–water partition coefficient (Wildman–Crippen LogP) is 2.24. The Kier molecular flexibility index (Phi) is 3.31. The normalized spacial score (nSPS) is 31.6. The molecule has 1 N–H and O–H groups in total. The van der Waals surface area contributed by atoms with Gasteiger partial charge in [0, 0.05) is 19.0 Å². The van der Waals surface area contributed by atoms with Crippen molar-refractivity contribution in [2.24, 2.45) is 5.92 Å². The average Bonchev–Trinajstić information content (AvgIpc) is 2.33. The van der Waals surface area contributed by atoms with E-state index in [9.17, 15) is 5.11 Å². The molecule has 1 aliphatic rings. The molecule has 1 fully saturated rings. The van der Waals surface area contributed by atoms with Crippen molar-refractivity contribution >= 4 is 0 Å². The first-order chi connectivity index (χ1) is 7.66. The second-order valence-corrected chi connectivity index (χ2v) is 4.91. The van der Waals surface area contributed by atoms with Crippen molar-refractivity contribution in [2.75, 3.05) is 20.1 Å². The predicted molar refractivity (Wildman–Crippen MR) is 66.2 cm³/mol. The molecule has 1 heterocycles. The van der Waals surface area contributed by atoms with Gasteiger partial charge in [-0.2, -0.15) is 0 Å². The van der Waals surface area contributed by atoms with E-state index in [2.05, 4.69) is 18.9 Å². The van der Waals surface area contributed by atoms with Gasteiger partial charge < -0.3 is 10.0 Å². The van der Waals surface area contributed by atoms with Crippen molar-refractivity contribution in [3.63, 3.8) is 0 Å². The number of hydrogen-bond donors (Lipinski definition) is 1. The monoisotopic (exact) mass is 219 g/mol. The van der Waals surface area contributed by atoms with Crippen molar-refractivity contribution in [3.8, 4) is 0 Å². The van der Waals surface area contributed by atoms with E-state index >= 15 is 0 Å². The average molecular weight is 219 g/mol. The number of piperidine rings is 1. The van der Waals surface area contributed by atoms with Gasteiger partial charge in [-0.05, 0) is 25.5 Å². The number of benzene rings is 1. The van der Waals surface area contributed by atoms with Crippen molar-refractivity contribution in [2.45, 2.75) is 25.4 Å². The second-order valence-electron chi connectivity index (χ2n) is 4.91. The summed E-state index contributed by atoms with van der Waals surface area (Å²) in [5.74, 6) is 0.341. The fraction of sp³-hybridized carbons (Fsp3) is 0.571. The van der Waals surface area contributed by atoms with Crippen LogP contribution in [-0.2, 0) is 5.60 Å². The fourth-order valence-electron chi connectivity index (χ4n) is 2.76. The molecule has 1 aromatic rings.